The molecular formula is C15H24IN7. The summed E-state index contributed by atoms with van der Waals surface area (Å²) in [6, 6.07) is 0. The number of guanidine groups is 1. The van der Waals surface area contributed by atoms with Crippen LogP contribution in [0.5, 0.6) is 0 Å². The van der Waals surface area contributed by atoms with Crippen LogP contribution in [0.1, 0.15) is 23.5 Å². The van der Waals surface area contributed by atoms with Gasteiger partial charge in [0.1, 0.15) is 0 Å². The van der Waals surface area contributed by atoms with Crippen molar-refractivity contribution in [2.45, 2.75) is 18.9 Å². The molecule has 3 heterocycles. The van der Waals surface area contributed by atoms with E-state index in [4.69, 9.17) is 0 Å². The molecule has 1 aliphatic heterocycles. The summed E-state index contributed by atoms with van der Waals surface area (Å²) < 4.78 is 3.68. The van der Waals surface area contributed by atoms with Crippen molar-refractivity contribution < 1.29 is 0 Å². The van der Waals surface area contributed by atoms with Crippen LogP contribution in [-0.4, -0.2) is 50.6 Å². The number of aryl methyl sites for hydroxylation is 2. The standard InChI is InChI=1S/C15H23N7.HI/c1-16-15(17-6-12-7-18-20(2)9-12)22-5-4-13(11-22)14-8-19-21(3)10-14;/h7-10,13H,4-6,11H2,1-3H3,(H,16,17);1H. The van der Waals surface area contributed by atoms with Gasteiger partial charge < -0.3 is 10.2 Å². The lowest BCUT2D eigenvalue weighted by molar-refractivity contribution is 0.486. The Hall–Kier alpha value is -1.58. The third-order valence-electron chi connectivity index (χ3n) is 4.10. The van der Waals surface area contributed by atoms with Gasteiger partial charge in [0.05, 0.1) is 12.4 Å². The molecule has 3 rings (SSSR count). The van der Waals surface area contributed by atoms with Crippen molar-refractivity contribution in [2.75, 3.05) is 20.1 Å². The highest BCUT2D eigenvalue weighted by Crippen LogP contribution is 2.26. The smallest absolute Gasteiger partial charge is 0.193 e. The van der Waals surface area contributed by atoms with Crippen molar-refractivity contribution in [1.29, 1.82) is 0 Å². The summed E-state index contributed by atoms with van der Waals surface area (Å²) >= 11 is 0. The third-order valence-corrected chi connectivity index (χ3v) is 4.10. The molecule has 1 unspecified atom stereocenters. The van der Waals surface area contributed by atoms with E-state index in [1.165, 1.54) is 5.56 Å². The van der Waals surface area contributed by atoms with Crippen LogP contribution in [-0.2, 0) is 20.6 Å². The minimum Gasteiger partial charge on any atom is -0.352 e. The predicted octanol–water partition coefficient (Wildman–Crippen LogP) is 1.34. The summed E-state index contributed by atoms with van der Waals surface area (Å²) in [4.78, 5) is 6.72. The first-order valence-corrected chi connectivity index (χ1v) is 7.57. The van der Waals surface area contributed by atoms with Gasteiger partial charge in [0, 0.05) is 64.7 Å². The maximum absolute atomic E-state index is 4.41. The lowest BCUT2D eigenvalue weighted by Crippen LogP contribution is -2.39. The third kappa shape index (κ3) is 4.24. The SMILES string of the molecule is CN=C(NCc1cnn(C)c1)N1CCC(c2cnn(C)c2)C1.I. The highest BCUT2D eigenvalue weighted by molar-refractivity contribution is 14.0. The average molecular weight is 429 g/mol. The number of hydrogen-bond acceptors (Lipinski definition) is 3. The Balaban J connectivity index is 0.00000192. The quantitative estimate of drug-likeness (QED) is 0.455. The largest absolute Gasteiger partial charge is 0.352 e. The fraction of sp³-hybridized carbons (Fsp3) is 0.533. The summed E-state index contributed by atoms with van der Waals surface area (Å²) in [5, 5.41) is 11.9. The van der Waals surface area contributed by atoms with Crippen molar-refractivity contribution in [3.05, 3.63) is 35.9 Å². The van der Waals surface area contributed by atoms with E-state index in [9.17, 15) is 0 Å². The molecule has 2 aromatic heterocycles. The maximum atomic E-state index is 4.41. The van der Waals surface area contributed by atoms with Crippen LogP contribution in [0.3, 0.4) is 0 Å². The molecule has 0 spiro atoms. The number of halogens is 1. The zero-order chi connectivity index (χ0) is 15.5. The molecule has 0 aromatic carbocycles. The first-order valence-electron chi connectivity index (χ1n) is 7.57. The highest BCUT2D eigenvalue weighted by atomic mass is 127. The lowest BCUT2D eigenvalue weighted by atomic mass is 10.0. The molecule has 0 bridgehead atoms. The van der Waals surface area contributed by atoms with Gasteiger partial charge >= 0.3 is 0 Å². The van der Waals surface area contributed by atoms with Gasteiger partial charge in [0.15, 0.2) is 5.96 Å². The van der Waals surface area contributed by atoms with Crippen LogP contribution in [0, 0.1) is 0 Å². The number of nitrogens with one attached hydrogen (secondary N) is 1. The van der Waals surface area contributed by atoms with Crippen LogP contribution in [0.25, 0.3) is 0 Å². The molecule has 1 atom stereocenters. The summed E-state index contributed by atoms with van der Waals surface area (Å²) in [7, 11) is 5.73. The van der Waals surface area contributed by atoms with Crippen molar-refractivity contribution in [1.82, 2.24) is 29.8 Å². The van der Waals surface area contributed by atoms with E-state index in [0.29, 0.717) is 5.92 Å². The van der Waals surface area contributed by atoms with E-state index in [1.54, 1.807) is 0 Å². The molecule has 7 nitrogen and oxygen atoms in total. The topological polar surface area (TPSA) is 63.3 Å². The number of aromatic nitrogens is 4. The monoisotopic (exact) mass is 429 g/mol. The molecule has 23 heavy (non-hydrogen) atoms. The summed E-state index contributed by atoms with van der Waals surface area (Å²) in [5.74, 6) is 1.49. The Morgan fingerprint density at radius 1 is 1.26 bits per heavy atom. The molecule has 0 radical (unpaired) electrons. The minimum atomic E-state index is 0. The Morgan fingerprint density at radius 3 is 2.61 bits per heavy atom. The fourth-order valence-electron chi connectivity index (χ4n) is 2.95. The zero-order valence-corrected chi connectivity index (χ0v) is 16.1. The second-order valence-corrected chi connectivity index (χ2v) is 5.80. The van der Waals surface area contributed by atoms with Crippen molar-refractivity contribution in [3.63, 3.8) is 0 Å². The lowest BCUT2D eigenvalue weighted by Gasteiger charge is -2.21. The molecular weight excluding hydrogens is 405 g/mol. The van der Waals surface area contributed by atoms with Crippen molar-refractivity contribution in [2.24, 2.45) is 19.1 Å². The number of nitrogens with zero attached hydrogens (tertiary/aromatic N) is 6. The molecule has 0 aliphatic carbocycles. The summed E-state index contributed by atoms with van der Waals surface area (Å²) in [6.07, 6.45) is 9.12. The van der Waals surface area contributed by atoms with Gasteiger partial charge in [0.2, 0.25) is 0 Å². The van der Waals surface area contributed by atoms with E-state index >= 15 is 0 Å². The van der Waals surface area contributed by atoms with Gasteiger partial charge in [-0.15, -0.1) is 24.0 Å². The maximum Gasteiger partial charge on any atom is 0.193 e. The van der Waals surface area contributed by atoms with E-state index < -0.39 is 0 Å². The summed E-state index contributed by atoms with van der Waals surface area (Å²) in [5.41, 5.74) is 2.47. The molecule has 1 aliphatic rings. The second-order valence-electron chi connectivity index (χ2n) is 5.80. The molecule has 1 N–H and O–H groups in total. The highest BCUT2D eigenvalue weighted by Gasteiger charge is 2.26. The van der Waals surface area contributed by atoms with E-state index in [1.807, 2.05) is 49.1 Å². The molecule has 2 aromatic rings. The first-order chi connectivity index (χ1) is 10.7. The molecule has 8 heteroatoms. The molecule has 1 saturated heterocycles. The van der Waals surface area contributed by atoms with E-state index in [2.05, 4.69) is 31.6 Å². The number of aliphatic imine (C=N–C) groups is 1. The summed E-state index contributed by atoms with van der Waals surface area (Å²) in [6.45, 7) is 2.75. The Morgan fingerprint density at radius 2 is 2.00 bits per heavy atom. The second kappa shape index (κ2) is 7.80. The van der Waals surface area contributed by atoms with Crippen LogP contribution < -0.4 is 5.32 Å². The van der Waals surface area contributed by atoms with Gasteiger partial charge in [-0.2, -0.15) is 10.2 Å². The van der Waals surface area contributed by atoms with Gasteiger partial charge in [-0.25, -0.2) is 0 Å². The van der Waals surface area contributed by atoms with Gasteiger partial charge in [-0.05, 0) is 12.0 Å². The Bertz CT molecular complexity index is 660. The fourth-order valence-corrected chi connectivity index (χ4v) is 2.95. The average Bonchev–Trinajstić information content (AvgIpc) is 3.21. The molecule has 126 valence electrons. The normalized spacial score (nSPS) is 18.1. The zero-order valence-electron chi connectivity index (χ0n) is 13.8. The van der Waals surface area contributed by atoms with Crippen molar-refractivity contribution >= 4 is 29.9 Å². The predicted molar refractivity (Wildman–Crippen MR) is 101 cm³/mol. The molecule has 0 amide bonds. The number of likely N-dealkylation sites (tertiary alicyclic amines) is 1. The number of rotatable bonds is 3. The van der Waals surface area contributed by atoms with Crippen LogP contribution >= 0.6 is 24.0 Å². The van der Waals surface area contributed by atoms with Crippen LogP contribution in [0.4, 0.5) is 0 Å². The first kappa shape index (κ1) is 17.8. The van der Waals surface area contributed by atoms with Crippen LogP contribution in [0.15, 0.2) is 29.8 Å². The number of hydrogen-bond donors (Lipinski definition) is 1. The van der Waals surface area contributed by atoms with Gasteiger partial charge in [-0.3, -0.25) is 14.4 Å². The van der Waals surface area contributed by atoms with Gasteiger partial charge in [-0.1, -0.05) is 0 Å². The van der Waals surface area contributed by atoms with Crippen molar-refractivity contribution in [3.8, 4) is 0 Å². The Labute approximate surface area is 153 Å². The molecule has 1 fully saturated rings. The Kier molecular flexibility index (Phi) is 6.03. The van der Waals surface area contributed by atoms with Crippen LogP contribution in [0.2, 0.25) is 0 Å². The minimum absolute atomic E-state index is 0. The molecule has 0 saturated carbocycles. The van der Waals surface area contributed by atoms with E-state index in [0.717, 1.165) is 37.6 Å². The van der Waals surface area contributed by atoms with E-state index in [-0.39, 0.29) is 24.0 Å². The van der Waals surface area contributed by atoms with Gasteiger partial charge in [0.25, 0.3) is 0 Å².